The summed E-state index contributed by atoms with van der Waals surface area (Å²) in [6.07, 6.45) is 6.19. The highest BCUT2D eigenvalue weighted by molar-refractivity contribution is 8.00. The van der Waals surface area contributed by atoms with Crippen LogP contribution in [-0.2, 0) is 24.0 Å². The van der Waals surface area contributed by atoms with E-state index in [1.165, 1.54) is 36.2 Å². The second kappa shape index (κ2) is 14.2. The van der Waals surface area contributed by atoms with Gasteiger partial charge in [0.05, 0.1) is 6.21 Å². The molecule has 0 radical (unpaired) electrons. The highest BCUT2D eigenvalue weighted by Gasteiger charge is 2.54. The Hall–Kier alpha value is -4.33. The molecule has 232 valence electrons. The lowest BCUT2D eigenvalue weighted by atomic mass is 9.91. The van der Waals surface area contributed by atoms with E-state index in [1.54, 1.807) is 7.05 Å². The number of fused-ring (bicyclic) bond motifs is 1. The topological polar surface area (TPSA) is 229 Å². The predicted octanol–water partition coefficient (Wildman–Crippen LogP) is -0.596. The van der Waals surface area contributed by atoms with Gasteiger partial charge in [-0.25, -0.2) is 9.18 Å². The molecule has 2 aliphatic heterocycles. The average molecular weight is 640 g/mol. The monoisotopic (exact) mass is 639 g/mol. The number of alkyl halides is 1. The van der Waals surface area contributed by atoms with Crippen molar-refractivity contribution in [2.45, 2.75) is 56.1 Å². The van der Waals surface area contributed by atoms with Crippen LogP contribution in [0.5, 0.6) is 0 Å². The van der Waals surface area contributed by atoms with E-state index in [-0.39, 0.29) is 46.0 Å². The normalized spacial score (nSPS) is 24.0. The summed E-state index contributed by atoms with van der Waals surface area (Å²) in [4.78, 5) is 58.4. The third-order valence-electron chi connectivity index (χ3n) is 6.57. The molecule has 3 amide bonds. The first-order valence-electron chi connectivity index (χ1n) is 13.0. The molecule has 1 saturated heterocycles. The van der Waals surface area contributed by atoms with Gasteiger partial charge in [-0.05, 0) is 25.7 Å². The van der Waals surface area contributed by atoms with Crippen LogP contribution in [0.15, 0.2) is 26.6 Å². The van der Waals surface area contributed by atoms with E-state index in [0.29, 0.717) is 0 Å². The van der Waals surface area contributed by atoms with E-state index in [0.717, 1.165) is 42.1 Å². The first-order chi connectivity index (χ1) is 20.6. The molecule has 1 saturated carbocycles. The molecule has 1 unspecified atom stereocenters. The first-order valence-corrected chi connectivity index (χ1v) is 14.8. The van der Waals surface area contributed by atoms with E-state index in [1.807, 2.05) is 0 Å². The molecule has 1 aliphatic carbocycles. The number of nitrogens with one attached hydrogen (secondary N) is 3. The molecule has 1 aromatic heterocycles. The van der Waals surface area contributed by atoms with E-state index < -0.39 is 41.8 Å². The minimum absolute atomic E-state index is 0.0326. The number of hydrogen-bond donors (Lipinski definition) is 5. The fourth-order valence-corrected chi connectivity index (χ4v) is 6.35. The molecule has 0 spiro atoms. The average Bonchev–Trinajstić information content (AvgIpc) is 3.40. The van der Waals surface area contributed by atoms with E-state index in [2.05, 4.69) is 45.6 Å². The summed E-state index contributed by atoms with van der Waals surface area (Å²) in [6.45, 7) is 0.186. The Morgan fingerprint density at radius 2 is 1.98 bits per heavy atom. The maximum Gasteiger partial charge on any atom is 0.353 e. The van der Waals surface area contributed by atoms with Crippen molar-refractivity contribution in [3.05, 3.63) is 17.1 Å². The number of hydrogen-bond acceptors (Lipinski definition) is 14. The van der Waals surface area contributed by atoms with Gasteiger partial charge in [0.15, 0.2) is 5.13 Å². The maximum absolute atomic E-state index is 13.0. The van der Waals surface area contributed by atoms with Crippen LogP contribution in [0.25, 0.3) is 0 Å². The number of carboxylic acid groups (broad SMARTS) is 1. The van der Waals surface area contributed by atoms with Gasteiger partial charge in [0.2, 0.25) is 17.4 Å². The van der Waals surface area contributed by atoms with Gasteiger partial charge in [0.25, 0.3) is 18.7 Å². The summed E-state index contributed by atoms with van der Waals surface area (Å²) in [7, 11) is 1.62. The van der Waals surface area contributed by atoms with Crippen molar-refractivity contribution in [1.29, 1.82) is 0 Å². The maximum atomic E-state index is 13.0. The molecule has 20 heteroatoms. The Labute approximate surface area is 253 Å². The molecule has 0 bridgehead atoms. The highest BCUT2D eigenvalue weighted by Crippen LogP contribution is 2.40. The van der Waals surface area contributed by atoms with Gasteiger partial charge >= 0.3 is 5.97 Å². The minimum Gasteiger partial charge on any atom is -0.477 e. The van der Waals surface area contributed by atoms with Crippen LogP contribution in [0.1, 0.15) is 38.4 Å². The van der Waals surface area contributed by atoms with Crippen molar-refractivity contribution >= 4 is 70.4 Å². The number of aromatic nitrogens is 2. The number of aliphatic carboxylic acids is 1. The van der Waals surface area contributed by atoms with Crippen LogP contribution in [0, 0.1) is 0 Å². The second-order valence-electron chi connectivity index (χ2n) is 9.62. The third kappa shape index (κ3) is 7.74. The Kier molecular flexibility index (Phi) is 10.5. The van der Waals surface area contributed by atoms with Crippen molar-refractivity contribution < 1.29 is 33.5 Å². The van der Waals surface area contributed by atoms with Crippen LogP contribution in [0.2, 0.25) is 0 Å². The van der Waals surface area contributed by atoms with Gasteiger partial charge in [-0.2, -0.15) is 19.6 Å². The van der Waals surface area contributed by atoms with Gasteiger partial charge in [0, 0.05) is 48.9 Å². The number of anilines is 1. The number of nitrogen functional groups attached to an aromatic ring is 1. The van der Waals surface area contributed by atoms with Gasteiger partial charge in [0.1, 0.15) is 23.5 Å². The van der Waals surface area contributed by atoms with Gasteiger partial charge < -0.3 is 31.7 Å². The van der Waals surface area contributed by atoms with Crippen molar-refractivity contribution in [2.24, 2.45) is 15.4 Å². The zero-order valence-corrected chi connectivity index (χ0v) is 24.7. The summed E-state index contributed by atoms with van der Waals surface area (Å²) < 4.78 is 16.4. The molecule has 6 N–H and O–H groups in total. The summed E-state index contributed by atoms with van der Waals surface area (Å²) in [5.74, 6) is -2.99. The van der Waals surface area contributed by atoms with Crippen molar-refractivity contribution in [1.82, 2.24) is 35.3 Å². The fourth-order valence-electron chi connectivity index (χ4n) is 4.62. The Balaban J connectivity index is 1.35. The summed E-state index contributed by atoms with van der Waals surface area (Å²) in [6, 6.07) is -0.756. The van der Waals surface area contributed by atoms with Crippen LogP contribution in [0.4, 0.5) is 9.52 Å². The van der Waals surface area contributed by atoms with Gasteiger partial charge in [-0.3, -0.25) is 24.3 Å². The lowest BCUT2D eigenvalue weighted by Crippen LogP contribution is -2.71. The molecule has 43 heavy (non-hydrogen) atoms. The van der Waals surface area contributed by atoms with E-state index in [9.17, 15) is 28.7 Å². The van der Waals surface area contributed by atoms with Crippen molar-refractivity contribution in [3.8, 4) is 0 Å². The molecular weight excluding hydrogens is 609 g/mol. The number of hydrazone groups is 2. The highest BCUT2D eigenvalue weighted by atomic mass is 32.2. The number of carboxylic acids is 1. The van der Waals surface area contributed by atoms with Crippen LogP contribution in [-0.4, -0.2) is 109 Å². The molecular formula is C23H30FN11O6S2. The van der Waals surface area contributed by atoms with Crippen LogP contribution < -0.4 is 21.8 Å². The van der Waals surface area contributed by atoms with Crippen LogP contribution in [0.3, 0.4) is 0 Å². The molecule has 1 aromatic rings. The number of carbonyl (C=O) groups is 4. The zero-order valence-electron chi connectivity index (χ0n) is 23.1. The second-order valence-corrected chi connectivity index (χ2v) is 11.5. The first kappa shape index (κ1) is 31.6. The number of amides is 3. The lowest BCUT2D eigenvalue weighted by Gasteiger charge is -2.49. The quantitative estimate of drug-likeness (QED) is 0.0836. The third-order valence-corrected chi connectivity index (χ3v) is 8.42. The number of carbonyl (C=O) groups excluding carboxylic acids is 3. The number of thioether (sulfide) groups is 1. The SMILES string of the molecule is CC(=O)NC1CCC(N/N=C/N(C)N=CC2=C(C(=O)O)N3C(=O)C(NC(=O)/C(=N\OCF)c4nsc(N)n4)[C@@H]3SC2)CC1. The Bertz CT molecular complexity index is 1360. The Morgan fingerprint density at radius 1 is 1.26 bits per heavy atom. The molecule has 4 rings (SSSR count). The smallest absolute Gasteiger partial charge is 0.353 e. The number of oxime groups is 1. The number of β-lactam (4-membered cyclic amide) rings is 1. The summed E-state index contributed by atoms with van der Waals surface area (Å²) >= 11 is 2.00. The molecule has 17 nitrogen and oxygen atoms in total. The summed E-state index contributed by atoms with van der Waals surface area (Å²) in [5, 5.41) is 27.8. The van der Waals surface area contributed by atoms with Crippen LogP contribution >= 0.6 is 23.3 Å². The largest absolute Gasteiger partial charge is 0.477 e. The Morgan fingerprint density at radius 3 is 2.60 bits per heavy atom. The van der Waals surface area contributed by atoms with Crippen molar-refractivity contribution in [2.75, 3.05) is 25.4 Å². The number of rotatable bonds is 12. The molecule has 3 aliphatic rings. The standard InChI is InChI=1S/C23H30FN11O6S2/c1-11(36)28-13-3-5-14(6-4-13)31-26-10-34(2)27-7-12-8-42-21-16(20(38)35(21)17(12)22(39)40)29-19(37)15(32-41-9-24)18-30-23(25)43-33-18/h7,10,13-14,16,21,31H,3-6,8-9H2,1-2H3,(H,28,36)(H,29,37)(H,39,40)(H2,25,30,33)/b26-10+,27-7?,32-15-/t13?,14?,16?,21-/m0/s1. The number of nitrogens with two attached hydrogens (primary N) is 1. The number of nitrogens with zero attached hydrogens (tertiary/aromatic N) is 7. The van der Waals surface area contributed by atoms with Gasteiger partial charge in [-0.15, -0.1) is 11.8 Å². The zero-order chi connectivity index (χ0) is 31.1. The van der Waals surface area contributed by atoms with E-state index >= 15 is 0 Å². The predicted molar refractivity (Wildman–Crippen MR) is 155 cm³/mol. The molecule has 0 aromatic carbocycles. The minimum atomic E-state index is -1.33. The van der Waals surface area contributed by atoms with Gasteiger partial charge in [-0.1, -0.05) is 5.16 Å². The molecule has 2 atom stereocenters. The van der Waals surface area contributed by atoms with Crippen molar-refractivity contribution in [3.63, 3.8) is 0 Å². The van der Waals surface area contributed by atoms with E-state index in [4.69, 9.17) is 5.73 Å². The fraction of sp³-hybridized carbons (Fsp3) is 0.522. The molecule has 2 fully saturated rings. The molecule has 3 heterocycles. The lowest BCUT2D eigenvalue weighted by molar-refractivity contribution is -0.150. The number of halogens is 1. The summed E-state index contributed by atoms with van der Waals surface area (Å²) in [5.41, 5.74) is 8.15.